The number of hydrogen-bond donors (Lipinski definition) is 0. The predicted octanol–water partition coefficient (Wildman–Crippen LogP) is 2.89. The number of ether oxygens (including phenoxy) is 1. The van der Waals surface area contributed by atoms with Crippen LogP contribution in [0.15, 0.2) is 18.2 Å². The van der Waals surface area contributed by atoms with Crippen molar-refractivity contribution in [3.8, 4) is 6.07 Å². The van der Waals surface area contributed by atoms with Crippen LogP contribution in [0.2, 0.25) is 10.0 Å². The van der Waals surface area contributed by atoms with Gasteiger partial charge in [0, 0.05) is 13.1 Å². The van der Waals surface area contributed by atoms with Gasteiger partial charge < -0.3 is 4.74 Å². The SMILES string of the molecule is N#C[C@H](c1ccc(Cl)c(Cl)c1)N1CCOCC1. The van der Waals surface area contributed by atoms with Crippen molar-refractivity contribution in [1.82, 2.24) is 4.90 Å². The second kappa shape index (κ2) is 5.70. The van der Waals surface area contributed by atoms with E-state index in [1.54, 1.807) is 12.1 Å². The number of benzene rings is 1. The topological polar surface area (TPSA) is 36.3 Å². The monoisotopic (exact) mass is 270 g/mol. The van der Waals surface area contributed by atoms with E-state index in [0.29, 0.717) is 23.3 Å². The molecule has 0 N–H and O–H groups in total. The summed E-state index contributed by atoms with van der Waals surface area (Å²) < 4.78 is 5.27. The molecule has 0 bridgehead atoms. The second-order valence-corrected chi connectivity index (χ2v) is 4.67. The van der Waals surface area contributed by atoms with E-state index >= 15 is 0 Å². The van der Waals surface area contributed by atoms with Gasteiger partial charge in [0.25, 0.3) is 0 Å². The van der Waals surface area contributed by atoms with Crippen molar-refractivity contribution in [2.24, 2.45) is 0 Å². The van der Waals surface area contributed by atoms with Crippen LogP contribution in [0, 0.1) is 11.3 Å². The lowest BCUT2D eigenvalue weighted by Gasteiger charge is -2.30. The zero-order chi connectivity index (χ0) is 12.3. The number of rotatable bonds is 2. The number of morpholine rings is 1. The maximum Gasteiger partial charge on any atom is 0.124 e. The van der Waals surface area contributed by atoms with E-state index in [4.69, 9.17) is 27.9 Å². The van der Waals surface area contributed by atoms with E-state index < -0.39 is 0 Å². The third kappa shape index (κ3) is 2.91. The zero-order valence-electron chi connectivity index (χ0n) is 9.20. The van der Waals surface area contributed by atoms with Gasteiger partial charge in [-0.15, -0.1) is 0 Å². The van der Waals surface area contributed by atoms with Gasteiger partial charge >= 0.3 is 0 Å². The Morgan fingerprint density at radius 1 is 1.24 bits per heavy atom. The van der Waals surface area contributed by atoms with E-state index in [1.165, 1.54) is 0 Å². The summed E-state index contributed by atoms with van der Waals surface area (Å²) in [6, 6.07) is 7.35. The molecule has 0 aliphatic carbocycles. The van der Waals surface area contributed by atoms with Gasteiger partial charge in [-0.25, -0.2) is 0 Å². The van der Waals surface area contributed by atoms with Gasteiger partial charge in [0.1, 0.15) is 6.04 Å². The molecule has 0 aromatic heterocycles. The quantitative estimate of drug-likeness (QED) is 0.829. The molecule has 1 aromatic carbocycles. The van der Waals surface area contributed by atoms with E-state index in [2.05, 4.69) is 11.0 Å². The molecule has 1 heterocycles. The maximum atomic E-state index is 9.28. The first kappa shape index (κ1) is 12.7. The van der Waals surface area contributed by atoms with Crippen LogP contribution in [0.25, 0.3) is 0 Å². The zero-order valence-corrected chi connectivity index (χ0v) is 10.7. The molecule has 0 amide bonds. The van der Waals surface area contributed by atoms with Crippen molar-refractivity contribution in [3.05, 3.63) is 33.8 Å². The average molecular weight is 271 g/mol. The molecule has 0 saturated carbocycles. The molecule has 0 radical (unpaired) electrons. The van der Waals surface area contributed by atoms with Crippen molar-refractivity contribution >= 4 is 23.2 Å². The highest BCUT2D eigenvalue weighted by molar-refractivity contribution is 6.42. The Kier molecular flexibility index (Phi) is 4.25. The van der Waals surface area contributed by atoms with Crippen LogP contribution >= 0.6 is 23.2 Å². The number of halogens is 2. The molecular formula is C12H12Cl2N2O. The van der Waals surface area contributed by atoms with E-state index in [-0.39, 0.29) is 6.04 Å². The summed E-state index contributed by atoms with van der Waals surface area (Å²) in [5.74, 6) is 0. The molecule has 1 aromatic rings. The summed E-state index contributed by atoms with van der Waals surface area (Å²) >= 11 is 11.8. The summed E-state index contributed by atoms with van der Waals surface area (Å²) in [6.45, 7) is 2.86. The molecule has 17 heavy (non-hydrogen) atoms. The number of nitriles is 1. The molecular weight excluding hydrogens is 259 g/mol. The fourth-order valence-electron chi connectivity index (χ4n) is 1.89. The molecule has 1 aliphatic heterocycles. The number of hydrogen-bond acceptors (Lipinski definition) is 3. The van der Waals surface area contributed by atoms with Crippen molar-refractivity contribution < 1.29 is 4.74 Å². The van der Waals surface area contributed by atoms with Crippen molar-refractivity contribution in [3.63, 3.8) is 0 Å². The predicted molar refractivity (Wildman–Crippen MR) is 67.2 cm³/mol. The molecule has 0 spiro atoms. The Labute approximate surface area is 110 Å². The Morgan fingerprint density at radius 2 is 1.94 bits per heavy atom. The summed E-state index contributed by atoms with van der Waals surface area (Å²) in [6.07, 6.45) is 0. The maximum absolute atomic E-state index is 9.28. The third-order valence-electron chi connectivity index (χ3n) is 2.79. The molecule has 1 saturated heterocycles. The van der Waals surface area contributed by atoms with Crippen molar-refractivity contribution in [2.45, 2.75) is 6.04 Å². The van der Waals surface area contributed by atoms with E-state index in [9.17, 15) is 5.26 Å². The largest absolute Gasteiger partial charge is 0.379 e. The first-order valence-electron chi connectivity index (χ1n) is 5.38. The summed E-state index contributed by atoms with van der Waals surface area (Å²) in [4.78, 5) is 2.09. The molecule has 1 fully saturated rings. The summed E-state index contributed by atoms with van der Waals surface area (Å²) in [7, 11) is 0. The lowest BCUT2D eigenvalue weighted by Crippen LogP contribution is -2.38. The van der Waals surface area contributed by atoms with Gasteiger partial charge in [0.2, 0.25) is 0 Å². The molecule has 0 unspecified atom stereocenters. The van der Waals surface area contributed by atoms with Gasteiger partial charge in [-0.1, -0.05) is 29.3 Å². The first-order chi connectivity index (χ1) is 8.22. The lowest BCUT2D eigenvalue weighted by molar-refractivity contribution is 0.0266. The van der Waals surface area contributed by atoms with Gasteiger partial charge in [-0.2, -0.15) is 5.26 Å². The summed E-state index contributed by atoms with van der Waals surface area (Å²) in [5.41, 5.74) is 0.879. The van der Waals surface area contributed by atoms with Crippen molar-refractivity contribution in [1.29, 1.82) is 5.26 Å². The van der Waals surface area contributed by atoms with Crippen LogP contribution in [-0.4, -0.2) is 31.2 Å². The molecule has 3 nitrogen and oxygen atoms in total. The van der Waals surface area contributed by atoms with Crippen LogP contribution in [0.3, 0.4) is 0 Å². The molecule has 2 rings (SSSR count). The number of nitrogens with zero attached hydrogens (tertiary/aromatic N) is 2. The van der Waals surface area contributed by atoms with Gasteiger partial charge in [-0.05, 0) is 17.7 Å². The van der Waals surface area contributed by atoms with Crippen LogP contribution in [-0.2, 0) is 4.74 Å². The minimum atomic E-state index is -0.284. The normalized spacial score (nSPS) is 18.6. The average Bonchev–Trinajstić information content (AvgIpc) is 2.36. The van der Waals surface area contributed by atoms with Gasteiger partial charge in [0.05, 0.1) is 29.3 Å². The Hall–Kier alpha value is -0.790. The van der Waals surface area contributed by atoms with Gasteiger partial charge in [0.15, 0.2) is 0 Å². The molecule has 5 heteroatoms. The third-order valence-corrected chi connectivity index (χ3v) is 3.53. The molecule has 1 atom stereocenters. The minimum absolute atomic E-state index is 0.284. The van der Waals surface area contributed by atoms with Crippen LogP contribution < -0.4 is 0 Å². The Bertz CT molecular complexity index is 439. The van der Waals surface area contributed by atoms with Gasteiger partial charge in [-0.3, -0.25) is 4.90 Å². The highest BCUT2D eigenvalue weighted by Crippen LogP contribution is 2.28. The Balaban J connectivity index is 2.22. The smallest absolute Gasteiger partial charge is 0.124 e. The minimum Gasteiger partial charge on any atom is -0.379 e. The van der Waals surface area contributed by atoms with E-state index in [0.717, 1.165) is 18.7 Å². The fourth-order valence-corrected chi connectivity index (χ4v) is 2.19. The fraction of sp³-hybridized carbons (Fsp3) is 0.417. The lowest BCUT2D eigenvalue weighted by atomic mass is 10.1. The molecule has 1 aliphatic rings. The van der Waals surface area contributed by atoms with Crippen LogP contribution in [0.5, 0.6) is 0 Å². The Morgan fingerprint density at radius 3 is 2.53 bits per heavy atom. The van der Waals surface area contributed by atoms with E-state index in [1.807, 2.05) is 6.07 Å². The molecule has 90 valence electrons. The first-order valence-corrected chi connectivity index (χ1v) is 6.14. The van der Waals surface area contributed by atoms with Crippen molar-refractivity contribution in [2.75, 3.05) is 26.3 Å². The van der Waals surface area contributed by atoms with Crippen LogP contribution in [0.4, 0.5) is 0 Å². The van der Waals surface area contributed by atoms with Crippen LogP contribution in [0.1, 0.15) is 11.6 Å². The second-order valence-electron chi connectivity index (χ2n) is 3.85. The highest BCUT2D eigenvalue weighted by atomic mass is 35.5. The standard InChI is InChI=1S/C12H12Cl2N2O/c13-10-2-1-9(7-11(10)14)12(8-15)16-3-5-17-6-4-16/h1-2,7,12H,3-6H2/t12-/m1/s1. The summed E-state index contributed by atoms with van der Waals surface area (Å²) in [5, 5.41) is 10.3. The highest BCUT2D eigenvalue weighted by Gasteiger charge is 2.22.